The highest BCUT2D eigenvalue weighted by Crippen LogP contribution is 2.19. The van der Waals surface area contributed by atoms with Gasteiger partial charge in [-0.05, 0) is 12.3 Å². The van der Waals surface area contributed by atoms with E-state index < -0.39 is 5.97 Å². The first-order valence-electron chi connectivity index (χ1n) is 6.15. The second kappa shape index (κ2) is 6.17. The van der Waals surface area contributed by atoms with Gasteiger partial charge in [-0.3, -0.25) is 4.79 Å². The molecule has 1 saturated heterocycles. The topological polar surface area (TPSA) is 109 Å². The van der Waals surface area contributed by atoms with E-state index >= 15 is 0 Å². The maximum atomic E-state index is 11.8. The molecule has 2 amide bonds. The van der Waals surface area contributed by atoms with Gasteiger partial charge >= 0.3 is 12.0 Å². The van der Waals surface area contributed by atoms with Crippen LogP contribution in [0.25, 0.3) is 0 Å². The summed E-state index contributed by atoms with van der Waals surface area (Å²) in [6.07, 6.45) is 2.65. The van der Waals surface area contributed by atoms with Crippen LogP contribution in [-0.4, -0.2) is 51.8 Å². The summed E-state index contributed by atoms with van der Waals surface area (Å²) in [5.74, 6) is -0.284. The van der Waals surface area contributed by atoms with Gasteiger partial charge in [0.1, 0.15) is 0 Å². The lowest BCUT2D eigenvalue weighted by atomic mass is 10.1. The number of urea groups is 1. The highest BCUT2D eigenvalue weighted by atomic mass is 16.5. The number of carboxylic acids is 1. The Kier molecular flexibility index (Phi) is 4.32. The van der Waals surface area contributed by atoms with Gasteiger partial charge in [-0.15, -0.1) is 0 Å². The van der Waals surface area contributed by atoms with Crippen molar-refractivity contribution in [2.75, 3.05) is 19.6 Å². The Morgan fingerprint density at radius 2 is 2.42 bits per heavy atom. The van der Waals surface area contributed by atoms with E-state index in [2.05, 4.69) is 15.5 Å². The molecule has 0 spiro atoms. The number of carboxylic acid groups (broad SMARTS) is 1. The number of amides is 2. The highest BCUT2D eigenvalue weighted by molar-refractivity contribution is 5.74. The van der Waals surface area contributed by atoms with E-state index in [1.165, 1.54) is 6.33 Å². The molecule has 104 valence electrons. The molecule has 8 nitrogen and oxygen atoms in total. The van der Waals surface area contributed by atoms with Crippen molar-refractivity contribution in [3.63, 3.8) is 0 Å². The summed E-state index contributed by atoms with van der Waals surface area (Å²) in [5.41, 5.74) is 0. The number of likely N-dealkylation sites (tertiary alicyclic amines) is 1. The Bertz CT molecular complexity index is 434. The minimum atomic E-state index is -0.816. The fourth-order valence-electron chi connectivity index (χ4n) is 2.12. The quantitative estimate of drug-likeness (QED) is 0.785. The molecule has 2 N–H and O–H groups in total. The van der Waals surface area contributed by atoms with Crippen molar-refractivity contribution in [3.8, 4) is 0 Å². The normalized spacial score (nSPS) is 18.5. The molecule has 1 unspecified atom stereocenters. The summed E-state index contributed by atoms with van der Waals surface area (Å²) in [5, 5.41) is 14.9. The van der Waals surface area contributed by atoms with E-state index in [1.807, 2.05) is 0 Å². The van der Waals surface area contributed by atoms with Gasteiger partial charge in [0.25, 0.3) is 0 Å². The molecule has 1 atom stereocenters. The first kappa shape index (κ1) is 13.3. The van der Waals surface area contributed by atoms with Crippen molar-refractivity contribution < 1.29 is 19.2 Å². The largest absolute Gasteiger partial charge is 0.481 e. The van der Waals surface area contributed by atoms with Crippen LogP contribution in [0.3, 0.4) is 0 Å². The SMILES string of the molecule is O=C(O)CC1CCN(C(=O)NCCc2ncno2)C1. The van der Waals surface area contributed by atoms with Crippen LogP contribution in [0, 0.1) is 5.92 Å². The molecular formula is C11H16N4O4. The Morgan fingerprint density at radius 3 is 3.11 bits per heavy atom. The molecule has 19 heavy (non-hydrogen) atoms. The molecule has 1 aromatic heterocycles. The van der Waals surface area contributed by atoms with Crippen molar-refractivity contribution in [2.24, 2.45) is 5.92 Å². The number of aliphatic carboxylic acids is 1. The lowest BCUT2D eigenvalue weighted by molar-refractivity contribution is -0.138. The van der Waals surface area contributed by atoms with Crippen LogP contribution in [0.2, 0.25) is 0 Å². The Balaban J connectivity index is 1.68. The number of nitrogens with zero attached hydrogens (tertiary/aromatic N) is 3. The molecule has 0 saturated carbocycles. The maximum Gasteiger partial charge on any atom is 0.317 e. The van der Waals surface area contributed by atoms with Crippen LogP contribution in [0.15, 0.2) is 10.9 Å². The van der Waals surface area contributed by atoms with Gasteiger partial charge in [-0.1, -0.05) is 5.16 Å². The standard InChI is InChI=1S/C11H16N4O4/c16-10(17)5-8-2-4-15(6-8)11(18)12-3-1-9-13-7-14-19-9/h7-8H,1-6H2,(H,12,18)(H,16,17). The monoisotopic (exact) mass is 268 g/mol. The number of carbonyl (C=O) groups is 2. The van der Waals surface area contributed by atoms with E-state index in [9.17, 15) is 9.59 Å². The fourth-order valence-corrected chi connectivity index (χ4v) is 2.12. The second-order valence-electron chi connectivity index (χ2n) is 4.52. The summed E-state index contributed by atoms with van der Waals surface area (Å²) in [6, 6.07) is -0.174. The summed E-state index contributed by atoms with van der Waals surface area (Å²) < 4.78 is 4.81. The lowest BCUT2D eigenvalue weighted by Crippen LogP contribution is -2.39. The lowest BCUT2D eigenvalue weighted by Gasteiger charge is -2.16. The zero-order valence-electron chi connectivity index (χ0n) is 10.4. The van der Waals surface area contributed by atoms with Gasteiger partial charge in [0.2, 0.25) is 5.89 Å². The van der Waals surface area contributed by atoms with E-state index in [0.717, 1.165) is 6.42 Å². The average molecular weight is 268 g/mol. The summed E-state index contributed by atoms with van der Waals surface area (Å²) in [7, 11) is 0. The molecule has 2 rings (SSSR count). The van der Waals surface area contributed by atoms with E-state index in [1.54, 1.807) is 4.90 Å². The van der Waals surface area contributed by atoms with Crippen LogP contribution in [0.5, 0.6) is 0 Å². The Hall–Kier alpha value is -2.12. The molecular weight excluding hydrogens is 252 g/mol. The van der Waals surface area contributed by atoms with Crippen LogP contribution in [0.4, 0.5) is 4.79 Å². The summed E-state index contributed by atoms with van der Waals surface area (Å²) in [6.45, 7) is 1.52. The number of carbonyl (C=O) groups excluding carboxylic acids is 1. The molecule has 0 radical (unpaired) electrons. The van der Waals surface area contributed by atoms with E-state index in [-0.39, 0.29) is 18.4 Å². The molecule has 0 aromatic carbocycles. The maximum absolute atomic E-state index is 11.8. The van der Waals surface area contributed by atoms with Crippen molar-refractivity contribution in [3.05, 3.63) is 12.2 Å². The van der Waals surface area contributed by atoms with Crippen molar-refractivity contribution >= 4 is 12.0 Å². The number of nitrogens with one attached hydrogen (secondary N) is 1. The predicted octanol–water partition coefficient (Wildman–Crippen LogP) is 0.118. The molecule has 1 fully saturated rings. The molecule has 0 bridgehead atoms. The number of hydrogen-bond acceptors (Lipinski definition) is 5. The molecule has 1 aromatic rings. The number of aromatic nitrogens is 2. The third-order valence-corrected chi connectivity index (χ3v) is 3.06. The van der Waals surface area contributed by atoms with Crippen LogP contribution in [0.1, 0.15) is 18.7 Å². The molecule has 0 aliphatic carbocycles. The van der Waals surface area contributed by atoms with Crippen molar-refractivity contribution in [1.29, 1.82) is 0 Å². The van der Waals surface area contributed by atoms with Crippen LogP contribution in [-0.2, 0) is 11.2 Å². The smallest absolute Gasteiger partial charge is 0.317 e. The second-order valence-corrected chi connectivity index (χ2v) is 4.52. The summed E-state index contributed by atoms with van der Waals surface area (Å²) in [4.78, 5) is 27.9. The first-order chi connectivity index (χ1) is 9.15. The average Bonchev–Trinajstić information content (AvgIpc) is 2.99. The van der Waals surface area contributed by atoms with Gasteiger partial charge in [-0.25, -0.2) is 4.79 Å². The minimum Gasteiger partial charge on any atom is -0.481 e. The van der Waals surface area contributed by atoms with Gasteiger partial charge in [-0.2, -0.15) is 4.98 Å². The van der Waals surface area contributed by atoms with Gasteiger partial charge in [0.05, 0.1) is 0 Å². The molecule has 2 heterocycles. The third kappa shape index (κ3) is 3.94. The molecule has 1 aliphatic rings. The first-order valence-corrected chi connectivity index (χ1v) is 6.15. The Morgan fingerprint density at radius 1 is 1.58 bits per heavy atom. The number of hydrogen-bond donors (Lipinski definition) is 2. The van der Waals surface area contributed by atoms with Gasteiger partial charge < -0.3 is 19.8 Å². The predicted molar refractivity (Wildman–Crippen MR) is 63.3 cm³/mol. The zero-order valence-corrected chi connectivity index (χ0v) is 10.4. The number of rotatable bonds is 5. The third-order valence-electron chi connectivity index (χ3n) is 3.06. The van der Waals surface area contributed by atoms with Gasteiger partial charge in [0, 0.05) is 32.5 Å². The Labute approximate surface area is 109 Å². The molecule has 1 aliphatic heterocycles. The highest BCUT2D eigenvalue weighted by Gasteiger charge is 2.27. The van der Waals surface area contributed by atoms with Crippen LogP contribution >= 0.6 is 0 Å². The van der Waals surface area contributed by atoms with Crippen molar-refractivity contribution in [2.45, 2.75) is 19.3 Å². The van der Waals surface area contributed by atoms with Crippen LogP contribution < -0.4 is 5.32 Å². The zero-order chi connectivity index (χ0) is 13.7. The summed E-state index contributed by atoms with van der Waals surface area (Å²) >= 11 is 0. The fraction of sp³-hybridized carbons (Fsp3) is 0.636. The molecule has 8 heteroatoms. The van der Waals surface area contributed by atoms with E-state index in [4.69, 9.17) is 9.63 Å². The minimum absolute atomic E-state index is 0.0548. The van der Waals surface area contributed by atoms with Crippen molar-refractivity contribution in [1.82, 2.24) is 20.4 Å². The van der Waals surface area contributed by atoms with E-state index in [0.29, 0.717) is 31.9 Å². The van der Waals surface area contributed by atoms with Gasteiger partial charge in [0.15, 0.2) is 6.33 Å².